The molecule has 120 valence electrons. The second-order valence-corrected chi connectivity index (χ2v) is 6.31. The maximum atomic E-state index is 13.6. The summed E-state index contributed by atoms with van der Waals surface area (Å²) in [6.07, 6.45) is 0. The fourth-order valence-corrected chi connectivity index (χ4v) is 2.39. The second kappa shape index (κ2) is 7.56. The smallest absolute Gasteiger partial charge is 0.340 e. The summed E-state index contributed by atoms with van der Waals surface area (Å²) in [6, 6.07) is 8.89. The van der Waals surface area contributed by atoms with Crippen LogP contribution in [0.15, 0.2) is 45.3 Å². The van der Waals surface area contributed by atoms with Gasteiger partial charge in [0.15, 0.2) is 6.61 Å². The third-order valence-electron chi connectivity index (χ3n) is 2.77. The normalized spacial score (nSPS) is 10.2. The van der Waals surface area contributed by atoms with E-state index >= 15 is 0 Å². The van der Waals surface area contributed by atoms with Gasteiger partial charge >= 0.3 is 5.97 Å². The number of hydrogen-bond acceptors (Lipinski definition) is 4. The van der Waals surface area contributed by atoms with Gasteiger partial charge in [-0.2, -0.15) is 0 Å². The topological polar surface area (TPSA) is 81.4 Å². The van der Waals surface area contributed by atoms with Crippen LogP contribution in [0.4, 0.5) is 15.8 Å². The first-order valence-electron chi connectivity index (χ1n) is 6.34. The molecule has 0 saturated carbocycles. The molecule has 0 fully saturated rings. The molecule has 0 radical (unpaired) electrons. The largest absolute Gasteiger partial charge is 0.452 e. The molecule has 1 amide bonds. The van der Waals surface area contributed by atoms with Gasteiger partial charge in [-0.25, -0.2) is 9.18 Å². The monoisotopic (exact) mass is 444 g/mol. The SMILES string of the molecule is Nc1ccc(Br)cc1C(=O)OCC(=O)Nc1ccc(Br)cc1F. The van der Waals surface area contributed by atoms with Crippen molar-refractivity contribution in [3.8, 4) is 0 Å². The first-order chi connectivity index (χ1) is 10.9. The summed E-state index contributed by atoms with van der Waals surface area (Å²) >= 11 is 6.33. The highest BCUT2D eigenvalue weighted by molar-refractivity contribution is 9.10. The molecule has 3 N–H and O–H groups in total. The van der Waals surface area contributed by atoms with Crippen LogP contribution < -0.4 is 11.1 Å². The Morgan fingerprint density at radius 1 is 1.13 bits per heavy atom. The Kier molecular flexibility index (Phi) is 5.73. The summed E-state index contributed by atoms with van der Waals surface area (Å²) in [7, 11) is 0. The highest BCUT2D eigenvalue weighted by Gasteiger charge is 2.14. The molecule has 23 heavy (non-hydrogen) atoms. The highest BCUT2D eigenvalue weighted by atomic mass is 79.9. The zero-order valence-electron chi connectivity index (χ0n) is 11.6. The molecule has 2 aromatic carbocycles. The molecule has 5 nitrogen and oxygen atoms in total. The summed E-state index contributed by atoms with van der Waals surface area (Å²) in [5.41, 5.74) is 6.05. The Morgan fingerprint density at radius 2 is 1.78 bits per heavy atom. The number of nitrogens with one attached hydrogen (secondary N) is 1. The lowest BCUT2D eigenvalue weighted by atomic mass is 10.2. The van der Waals surface area contributed by atoms with Gasteiger partial charge in [0.25, 0.3) is 5.91 Å². The van der Waals surface area contributed by atoms with Crippen LogP contribution in [0.5, 0.6) is 0 Å². The molecule has 8 heteroatoms. The number of hydrogen-bond donors (Lipinski definition) is 2. The maximum absolute atomic E-state index is 13.6. The molecule has 2 aromatic rings. The van der Waals surface area contributed by atoms with Gasteiger partial charge in [0, 0.05) is 14.6 Å². The molecule has 0 aliphatic heterocycles. The summed E-state index contributed by atoms with van der Waals surface area (Å²) in [6.45, 7) is -0.555. The Hall–Kier alpha value is -1.93. The van der Waals surface area contributed by atoms with Gasteiger partial charge in [-0.3, -0.25) is 4.79 Å². The predicted molar refractivity (Wildman–Crippen MR) is 91.6 cm³/mol. The van der Waals surface area contributed by atoms with E-state index in [9.17, 15) is 14.0 Å². The maximum Gasteiger partial charge on any atom is 0.340 e. The number of ether oxygens (including phenoxy) is 1. The van der Waals surface area contributed by atoms with Crippen molar-refractivity contribution >= 4 is 55.1 Å². The van der Waals surface area contributed by atoms with Crippen molar-refractivity contribution in [1.29, 1.82) is 0 Å². The summed E-state index contributed by atoms with van der Waals surface area (Å²) in [4.78, 5) is 23.6. The minimum Gasteiger partial charge on any atom is -0.452 e. The molecule has 0 spiro atoms. The first kappa shape index (κ1) is 17.4. The Labute approximate surface area is 148 Å². The van der Waals surface area contributed by atoms with Crippen molar-refractivity contribution in [2.24, 2.45) is 0 Å². The lowest BCUT2D eigenvalue weighted by molar-refractivity contribution is -0.119. The van der Waals surface area contributed by atoms with E-state index in [-0.39, 0.29) is 16.9 Å². The molecule has 0 bridgehead atoms. The van der Waals surface area contributed by atoms with E-state index in [1.54, 1.807) is 12.1 Å². The molecular formula is C15H11Br2FN2O3. The Morgan fingerprint density at radius 3 is 2.48 bits per heavy atom. The summed E-state index contributed by atoms with van der Waals surface area (Å²) in [5.74, 6) is -2.00. The molecule has 0 heterocycles. The number of anilines is 2. The highest BCUT2D eigenvalue weighted by Crippen LogP contribution is 2.20. The number of carbonyl (C=O) groups excluding carboxylic acids is 2. The number of rotatable bonds is 4. The van der Waals surface area contributed by atoms with E-state index in [0.29, 0.717) is 8.95 Å². The van der Waals surface area contributed by atoms with Gasteiger partial charge in [-0.05, 0) is 36.4 Å². The predicted octanol–water partition coefficient (Wildman–Crippen LogP) is 3.73. The lowest BCUT2D eigenvalue weighted by Crippen LogP contribution is -2.21. The molecule has 2 rings (SSSR count). The molecule has 0 atom stereocenters. The van der Waals surface area contributed by atoms with Crippen LogP contribution in [0.1, 0.15) is 10.4 Å². The zero-order chi connectivity index (χ0) is 17.0. The van der Waals surface area contributed by atoms with E-state index in [0.717, 1.165) is 0 Å². The zero-order valence-corrected chi connectivity index (χ0v) is 14.8. The van der Waals surface area contributed by atoms with Gasteiger partial charge in [0.1, 0.15) is 5.82 Å². The van der Waals surface area contributed by atoms with Crippen LogP contribution in [0.25, 0.3) is 0 Å². The van der Waals surface area contributed by atoms with Crippen molar-refractivity contribution < 1.29 is 18.7 Å². The van der Waals surface area contributed by atoms with Crippen molar-refractivity contribution in [3.63, 3.8) is 0 Å². The van der Waals surface area contributed by atoms with E-state index < -0.39 is 24.3 Å². The van der Waals surface area contributed by atoms with Gasteiger partial charge in [-0.15, -0.1) is 0 Å². The summed E-state index contributed by atoms with van der Waals surface area (Å²) in [5, 5.41) is 2.32. The summed E-state index contributed by atoms with van der Waals surface area (Å²) < 4.78 is 19.7. The van der Waals surface area contributed by atoms with Crippen LogP contribution in [-0.4, -0.2) is 18.5 Å². The van der Waals surface area contributed by atoms with Crippen molar-refractivity contribution in [1.82, 2.24) is 0 Å². The minimum atomic E-state index is -0.741. The minimum absolute atomic E-state index is 0.00350. The van der Waals surface area contributed by atoms with E-state index in [4.69, 9.17) is 10.5 Å². The molecule has 0 unspecified atom stereocenters. The van der Waals surface area contributed by atoms with Crippen molar-refractivity contribution in [2.45, 2.75) is 0 Å². The second-order valence-electron chi connectivity index (χ2n) is 4.48. The van der Waals surface area contributed by atoms with Gasteiger partial charge in [-0.1, -0.05) is 31.9 Å². The standard InChI is InChI=1S/C15H11Br2FN2O3/c16-8-1-3-12(19)10(5-8)15(22)23-7-14(21)20-13-4-2-9(17)6-11(13)18/h1-6H,7,19H2,(H,20,21). The number of nitrogen functional groups attached to an aromatic ring is 1. The van der Waals surface area contributed by atoms with Gasteiger partial charge in [0.2, 0.25) is 0 Å². The third kappa shape index (κ3) is 4.77. The van der Waals surface area contributed by atoms with Crippen molar-refractivity contribution in [2.75, 3.05) is 17.7 Å². The molecule has 0 aliphatic carbocycles. The Bertz CT molecular complexity index is 768. The molecule has 0 aliphatic rings. The van der Waals surface area contributed by atoms with Crippen LogP contribution in [0.3, 0.4) is 0 Å². The van der Waals surface area contributed by atoms with Crippen LogP contribution in [-0.2, 0) is 9.53 Å². The quantitative estimate of drug-likeness (QED) is 0.555. The van der Waals surface area contributed by atoms with Crippen molar-refractivity contribution in [3.05, 3.63) is 56.7 Å². The number of esters is 1. The number of amides is 1. The van der Waals surface area contributed by atoms with Crippen LogP contribution in [0, 0.1) is 5.82 Å². The average molecular weight is 446 g/mol. The molecule has 0 aromatic heterocycles. The van der Waals surface area contributed by atoms with Crippen LogP contribution >= 0.6 is 31.9 Å². The van der Waals surface area contributed by atoms with E-state index in [1.165, 1.54) is 24.3 Å². The van der Waals surface area contributed by atoms with E-state index in [2.05, 4.69) is 37.2 Å². The first-order valence-corrected chi connectivity index (χ1v) is 7.92. The fourth-order valence-electron chi connectivity index (χ4n) is 1.69. The lowest BCUT2D eigenvalue weighted by Gasteiger charge is -2.09. The molecule has 0 saturated heterocycles. The fraction of sp³-hybridized carbons (Fsp3) is 0.0667. The van der Waals surface area contributed by atoms with Crippen LogP contribution in [0.2, 0.25) is 0 Å². The van der Waals surface area contributed by atoms with E-state index in [1.807, 2.05) is 0 Å². The molecular weight excluding hydrogens is 435 g/mol. The third-order valence-corrected chi connectivity index (χ3v) is 3.76. The van der Waals surface area contributed by atoms with Gasteiger partial charge in [0.05, 0.1) is 11.3 Å². The average Bonchev–Trinajstić information content (AvgIpc) is 2.50. The number of carbonyl (C=O) groups is 2. The number of halogens is 3. The number of benzene rings is 2. The Balaban J connectivity index is 1.96. The van der Waals surface area contributed by atoms with Gasteiger partial charge < -0.3 is 15.8 Å². The number of nitrogens with two attached hydrogens (primary N) is 1.